The normalized spacial score (nSPS) is 12.0. The van der Waals surface area contributed by atoms with Crippen LogP contribution in [0.2, 0.25) is 0 Å². The van der Waals surface area contributed by atoms with E-state index in [0.717, 1.165) is 24.0 Å². The second kappa shape index (κ2) is 14.6. The van der Waals surface area contributed by atoms with Crippen molar-refractivity contribution in [3.63, 3.8) is 0 Å². The van der Waals surface area contributed by atoms with Crippen LogP contribution in [-0.4, -0.2) is 57.6 Å². The van der Waals surface area contributed by atoms with E-state index in [1.165, 1.54) is 10.6 Å². The van der Waals surface area contributed by atoms with Gasteiger partial charge in [0.1, 0.15) is 11.8 Å². The van der Waals surface area contributed by atoms with Crippen molar-refractivity contribution in [2.75, 3.05) is 30.8 Å². The molecule has 0 fully saturated rings. The van der Waals surface area contributed by atoms with Gasteiger partial charge in [0, 0.05) is 26.1 Å². The van der Waals surface area contributed by atoms with E-state index in [1.807, 2.05) is 50.2 Å². The number of hydrogen-bond donors (Lipinski definition) is 1. The molecule has 2 aromatic carbocycles. The predicted molar refractivity (Wildman–Crippen MR) is 148 cm³/mol. The molecule has 0 aliphatic rings. The maximum absolute atomic E-state index is 13.5. The zero-order valence-corrected chi connectivity index (χ0v) is 23.5. The molecule has 0 spiro atoms. The molecule has 0 saturated heterocycles. The third kappa shape index (κ3) is 9.07. The number of ether oxygens (including phenoxy) is 1. The van der Waals surface area contributed by atoms with Crippen LogP contribution < -0.4 is 14.4 Å². The van der Waals surface area contributed by atoms with Crippen molar-refractivity contribution in [1.82, 2.24) is 10.2 Å². The van der Waals surface area contributed by atoms with Crippen molar-refractivity contribution in [3.05, 3.63) is 59.7 Å². The summed E-state index contributed by atoms with van der Waals surface area (Å²) in [5.41, 5.74) is 2.30. The summed E-state index contributed by atoms with van der Waals surface area (Å²) in [6, 6.07) is 14.1. The number of anilines is 1. The first-order valence-electron chi connectivity index (χ1n) is 12.9. The summed E-state index contributed by atoms with van der Waals surface area (Å²) in [5, 5.41) is 2.96. The molecular formula is C28H41N3O5S. The molecule has 2 aromatic rings. The first-order valence-corrected chi connectivity index (χ1v) is 14.7. The Labute approximate surface area is 222 Å². The summed E-state index contributed by atoms with van der Waals surface area (Å²) in [6.07, 6.45) is 3.90. The van der Waals surface area contributed by atoms with E-state index in [4.69, 9.17) is 4.74 Å². The minimum atomic E-state index is -3.53. The zero-order valence-electron chi connectivity index (χ0n) is 22.7. The highest BCUT2D eigenvalue weighted by Gasteiger charge is 2.29. The number of sulfonamides is 1. The van der Waals surface area contributed by atoms with Crippen LogP contribution in [-0.2, 0) is 26.2 Å². The van der Waals surface area contributed by atoms with Crippen LogP contribution in [0, 0.1) is 6.92 Å². The van der Waals surface area contributed by atoms with Gasteiger partial charge in [0.2, 0.25) is 21.8 Å². The van der Waals surface area contributed by atoms with Crippen LogP contribution in [0.1, 0.15) is 57.1 Å². The number of para-hydroxylation sites is 1. The monoisotopic (exact) mass is 531 g/mol. The van der Waals surface area contributed by atoms with E-state index in [9.17, 15) is 18.0 Å². The highest BCUT2D eigenvalue weighted by atomic mass is 32.2. The van der Waals surface area contributed by atoms with Crippen LogP contribution in [0.15, 0.2) is 48.5 Å². The number of carbonyl (C=O) groups excluding carboxylic acids is 2. The molecule has 2 rings (SSSR count). The van der Waals surface area contributed by atoms with Gasteiger partial charge in [-0.1, -0.05) is 50.6 Å². The largest absolute Gasteiger partial charge is 0.497 e. The molecule has 1 N–H and O–H groups in total. The smallest absolute Gasteiger partial charge is 0.242 e. The minimum Gasteiger partial charge on any atom is -0.497 e. The van der Waals surface area contributed by atoms with Gasteiger partial charge >= 0.3 is 0 Å². The number of hydrogen-bond acceptors (Lipinski definition) is 5. The second-order valence-electron chi connectivity index (χ2n) is 9.17. The molecule has 1 atom stereocenters. The van der Waals surface area contributed by atoms with Gasteiger partial charge in [-0.05, 0) is 55.5 Å². The van der Waals surface area contributed by atoms with Crippen LogP contribution in [0.4, 0.5) is 5.69 Å². The summed E-state index contributed by atoms with van der Waals surface area (Å²) in [7, 11) is -1.95. The first-order chi connectivity index (χ1) is 17.6. The standard InChI is InChI=1S/C28H41N3O5S/c1-6-8-18-29-28(33)25(7-2)30(21-23-14-11-15-24(20-23)36-4)27(32)17-12-19-31(37(5,34)35)26-16-10-9-13-22(26)3/h9-11,13-16,20,25H,6-8,12,17-19,21H2,1-5H3,(H,29,33)/t25-/m1/s1. The van der Waals surface area contributed by atoms with Crippen molar-refractivity contribution in [1.29, 1.82) is 0 Å². The summed E-state index contributed by atoms with van der Waals surface area (Å²) < 4.78 is 31.7. The molecule has 0 saturated carbocycles. The van der Waals surface area contributed by atoms with Crippen LogP contribution in [0.5, 0.6) is 5.75 Å². The minimum absolute atomic E-state index is 0.112. The van der Waals surface area contributed by atoms with Gasteiger partial charge in [-0.15, -0.1) is 0 Å². The average molecular weight is 532 g/mol. The van der Waals surface area contributed by atoms with Crippen molar-refractivity contribution in [2.45, 2.75) is 65.5 Å². The molecule has 0 aliphatic carbocycles. The lowest BCUT2D eigenvalue weighted by Gasteiger charge is -2.31. The molecule has 0 unspecified atom stereocenters. The number of aryl methyl sites for hydroxylation is 1. The summed E-state index contributed by atoms with van der Waals surface area (Å²) in [6.45, 7) is 6.79. The van der Waals surface area contributed by atoms with E-state index in [1.54, 1.807) is 24.1 Å². The zero-order chi connectivity index (χ0) is 27.4. The highest BCUT2D eigenvalue weighted by molar-refractivity contribution is 7.92. The summed E-state index contributed by atoms with van der Waals surface area (Å²) in [4.78, 5) is 28.2. The summed E-state index contributed by atoms with van der Waals surface area (Å²) in [5.74, 6) is 0.302. The number of carbonyl (C=O) groups is 2. The number of amides is 2. The van der Waals surface area contributed by atoms with E-state index in [2.05, 4.69) is 12.2 Å². The van der Waals surface area contributed by atoms with Crippen molar-refractivity contribution in [3.8, 4) is 5.75 Å². The number of unbranched alkanes of at least 4 members (excludes halogenated alkanes) is 1. The Bertz CT molecular complexity index is 1140. The Hall–Kier alpha value is -3.07. The number of methoxy groups -OCH3 is 1. The molecular weight excluding hydrogens is 490 g/mol. The molecule has 37 heavy (non-hydrogen) atoms. The molecule has 0 aliphatic heterocycles. The highest BCUT2D eigenvalue weighted by Crippen LogP contribution is 2.23. The Balaban J connectivity index is 2.23. The Kier molecular flexibility index (Phi) is 11.9. The Morgan fingerprint density at radius 3 is 2.41 bits per heavy atom. The fraction of sp³-hybridized carbons (Fsp3) is 0.500. The fourth-order valence-electron chi connectivity index (χ4n) is 4.22. The summed E-state index contributed by atoms with van der Waals surface area (Å²) >= 11 is 0. The fourth-order valence-corrected chi connectivity index (χ4v) is 5.24. The number of rotatable bonds is 15. The van der Waals surface area contributed by atoms with E-state index in [-0.39, 0.29) is 31.3 Å². The lowest BCUT2D eigenvalue weighted by atomic mass is 10.1. The Morgan fingerprint density at radius 2 is 1.78 bits per heavy atom. The van der Waals surface area contributed by atoms with E-state index >= 15 is 0 Å². The van der Waals surface area contributed by atoms with Crippen molar-refractivity contribution < 1.29 is 22.7 Å². The van der Waals surface area contributed by atoms with Crippen molar-refractivity contribution >= 4 is 27.5 Å². The molecule has 0 radical (unpaired) electrons. The van der Waals surface area contributed by atoms with Gasteiger partial charge in [-0.3, -0.25) is 13.9 Å². The quantitative estimate of drug-likeness (QED) is 0.346. The van der Waals surface area contributed by atoms with Gasteiger partial charge < -0.3 is 15.0 Å². The molecule has 0 heterocycles. The second-order valence-corrected chi connectivity index (χ2v) is 11.1. The average Bonchev–Trinajstić information content (AvgIpc) is 2.86. The lowest BCUT2D eigenvalue weighted by molar-refractivity contribution is -0.141. The maximum Gasteiger partial charge on any atom is 0.242 e. The van der Waals surface area contributed by atoms with Gasteiger partial charge in [0.25, 0.3) is 0 Å². The molecule has 2 amide bonds. The number of nitrogens with zero attached hydrogens (tertiary/aromatic N) is 2. The van der Waals surface area contributed by atoms with E-state index in [0.29, 0.717) is 30.8 Å². The van der Waals surface area contributed by atoms with Crippen molar-refractivity contribution in [2.24, 2.45) is 0 Å². The van der Waals surface area contributed by atoms with E-state index < -0.39 is 16.1 Å². The SMILES string of the molecule is CCCCNC(=O)[C@@H](CC)N(Cc1cccc(OC)c1)C(=O)CCCN(c1ccccc1C)S(C)(=O)=O. The van der Waals surface area contributed by atoms with Gasteiger partial charge in [-0.25, -0.2) is 8.42 Å². The Morgan fingerprint density at radius 1 is 1.05 bits per heavy atom. The van der Waals surface area contributed by atoms with Gasteiger partial charge in [-0.2, -0.15) is 0 Å². The molecule has 0 bridgehead atoms. The lowest BCUT2D eigenvalue weighted by Crippen LogP contribution is -2.49. The van der Waals surface area contributed by atoms with Crippen LogP contribution in [0.25, 0.3) is 0 Å². The van der Waals surface area contributed by atoms with Crippen LogP contribution in [0.3, 0.4) is 0 Å². The molecule has 0 aromatic heterocycles. The topological polar surface area (TPSA) is 96.0 Å². The first kappa shape index (κ1) is 30.2. The molecule has 204 valence electrons. The number of nitrogens with one attached hydrogen (secondary N) is 1. The van der Waals surface area contributed by atoms with Gasteiger partial charge in [0.05, 0.1) is 19.1 Å². The maximum atomic E-state index is 13.5. The predicted octanol–water partition coefficient (Wildman–Crippen LogP) is 4.27. The van der Waals surface area contributed by atoms with Gasteiger partial charge in [0.15, 0.2) is 0 Å². The third-order valence-corrected chi connectivity index (χ3v) is 7.42. The number of benzene rings is 2. The molecule has 9 heteroatoms. The van der Waals surface area contributed by atoms with Crippen LogP contribution >= 0.6 is 0 Å². The third-order valence-electron chi connectivity index (χ3n) is 6.24. The molecule has 8 nitrogen and oxygen atoms in total.